The summed E-state index contributed by atoms with van der Waals surface area (Å²) in [6.07, 6.45) is 1.38. The van der Waals surface area contributed by atoms with Crippen LogP contribution in [0.3, 0.4) is 0 Å². The van der Waals surface area contributed by atoms with Crippen molar-refractivity contribution in [3.05, 3.63) is 176 Å². The first-order valence-electron chi connectivity index (χ1n) is 19.2. The highest BCUT2D eigenvalue weighted by atomic mass is 16.3. The molecular weight excluding hydrogens is 701 g/mol. The topological polar surface area (TPSA) is 68.0 Å². The average molecular weight is 733 g/mol. The lowest BCUT2D eigenvalue weighted by Gasteiger charge is -2.14. The van der Waals surface area contributed by atoms with Crippen LogP contribution in [-0.2, 0) is 0 Å². The molecule has 0 saturated heterocycles. The minimum Gasteiger partial charge on any atom is -0.455 e. The van der Waals surface area contributed by atoms with Crippen molar-refractivity contribution >= 4 is 83.4 Å². The van der Waals surface area contributed by atoms with Crippen molar-refractivity contribution in [3.63, 3.8) is 0 Å². The SMILES string of the molecule is C1=NC(n2c3ccccc3c3cc(-c4cccc5c4oc4ccccc45)ccc32)N=C1Nc1ccc(-c2cccc3c2oc2ccccc23)cc1-c1ccccc1. The Bertz CT molecular complexity index is 3460. The summed E-state index contributed by atoms with van der Waals surface area (Å²) in [4.78, 5) is 10.1. The van der Waals surface area contributed by atoms with Crippen molar-refractivity contribution in [2.24, 2.45) is 9.98 Å². The number of anilines is 1. The van der Waals surface area contributed by atoms with Gasteiger partial charge in [-0.25, -0.2) is 9.98 Å². The normalized spacial score (nSPS) is 14.2. The van der Waals surface area contributed by atoms with Gasteiger partial charge in [-0.3, -0.25) is 4.57 Å². The van der Waals surface area contributed by atoms with Gasteiger partial charge in [0, 0.05) is 54.7 Å². The Kier molecular flexibility index (Phi) is 6.89. The van der Waals surface area contributed by atoms with Crippen LogP contribution in [0.4, 0.5) is 5.69 Å². The second-order valence-electron chi connectivity index (χ2n) is 14.6. The molecule has 1 unspecified atom stereocenters. The van der Waals surface area contributed by atoms with Gasteiger partial charge in [-0.2, -0.15) is 0 Å². The Balaban J connectivity index is 0.929. The van der Waals surface area contributed by atoms with Crippen molar-refractivity contribution in [1.82, 2.24) is 4.57 Å². The molecule has 0 aliphatic carbocycles. The first kappa shape index (κ1) is 31.6. The molecule has 268 valence electrons. The van der Waals surface area contributed by atoms with E-state index in [0.717, 1.165) is 105 Å². The molecule has 3 aromatic heterocycles. The quantitative estimate of drug-likeness (QED) is 0.192. The van der Waals surface area contributed by atoms with E-state index in [2.05, 4.69) is 155 Å². The van der Waals surface area contributed by atoms with Gasteiger partial charge in [-0.05, 0) is 59.2 Å². The molecule has 8 aromatic carbocycles. The first-order chi connectivity index (χ1) is 28.2. The minimum absolute atomic E-state index is 0.468. The fraction of sp³-hybridized carbons (Fsp3) is 0.0196. The summed E-state index contributed by atoms with van der Waals surface area (Å²) in [5.74, 6) is 0.698. The maximum atomic E-state index is 6.43. The lowest BCUT2D eigenvalue weighted by Crippen LogP contribution is -2.12. The van der Waals surface area contributed by atoms with E-state index in [1.165, 1.54) is 0 Å². The van der Waals surface area contributed by atoms with Gasteiger partial charge in [0.15, 0.2) is 0 Å². The monoisotopic (exact) mass is 732 g/mol. The predicted molar refractivity (Wildman–Crippen MR) is 235 cm³/mol. The predicted octanol–water partition coefficient (Wildman–Crippen LogP) is 13.6. The minimum atomic E-state index is -0.468. The van der Waals surface area contributed by atoms with Gasteiger partial charge in [0.05, 0.1) is 17.2 Å². The van der Waals surface area contributed by atoms with Crippen LogP contribution in [0.1, 0.15) is 6.29 Å². The Morgan fingerprint density at radius 2 is 1.02 bits per heavy atom. The highest BCUT2D eigenvalue weighted by Gasteiger charge is 2.23. The summed E-state index contributed by atoms with van der Waals surface area (Å²) in [6, 6.07) is 61.3. The molecule has 1 N–H and O–H groups in total. The van der Waals surface area contributed by atoms with Crippen LogP contribution in [0.5, 0.6) is 0 Å². The van der Waals surface area contributed by atoms with E-state index >= 15 is 0 Å². The molecule has 0 amide bonds. The summed E-state index contributed by atoms with van der Waals surface area (Å²) in [6.45, 7) is 0. The second kappa shape index (κ2) is 12.4. The maximum Gasteiger partial charge on any atom is 0.222 e. The summed E-state index contributed by atoms with van der Waals surface area (Å²) in [5.41, 5.74) is 13.1. The molecule has 0 spiro atoms. The zero-order valence-electron chi connectivity index (χ0n) is 30.6. The van der Waals surface area contributed by atoms with Gasteiger partial charge in [0.2, 0.25) is 6.29 Å². The summed E-state index contributed by atoms with van der Waals surface area (Å²) >= 11 is 0. The van der Waals surface area contributed by atoms with Gasteiger partial charge in [-0.15, -0.1) is 0 Å². The number of fused-ring (bicyclic) bond motifs is 9. The Labute approximate surface area is 326 Å². The third kappa shape index (κ3) is 4.97. The van der Waals surface area contributed by atoms with Crippen LogP contribution in [-0.4, -0.2) is 16.6 Å². The van der Waals surface area contributed by atoms with Gasteiger partial charge in [-0.1, -0.05) is 133 Å². The number of hydrogen-bond acceptors (Lipinski definition) is 5. The van der Waals surface area contributed by atoms with Gasteiger partial charge in [0.1, 0.15) is 28.2 Å². The van der Waals surface area contributed by atoms with Crippen molar-refractivity contribution in [1.29, 1.82) is 0 Å². The maximum absolute atomic E-state index is 6.43. The number of hydrogen-bond donors (Lipinski definition) is 1. The molecule has 1 atom stereocenters. The van der Waals surface area contributed by atoms with Crippen molar-refractivity contribution in [3.8, 4) is 33.4 Å². The van der Waals surface area contributed by atoms with Crippen molar-refractivity contribution in [2.45, 2.75) is 6.29 Å². The Hall–Kier alpha value is -7.70. The van der Waals surface area contributed by atoms with Crippen molar-refractivity contribution in [2.75, 3.05) is 5.32 Å². The van der Waals surface area contributed by atoms with Gasteiger partial charge in [0.25, 0.3) is 0 Å². The first-order valence-corrected chi connectivity index (χ1v) is 19.2. The third-order valence-electron chi connectivity index (χ3n) is 11.3. The summed E-state index contributed by atoms with van der Waals surface area (Å²) in [5, 5.41) is 10.4. The highest BCUT2D eigenvalue weighted by Crippen LogP contribution is 2.42. The van der Waals surface area contributed by atoms with E-state index in [1.54, 1.807) is 0 Å². The van der Waals surface area contributed by atoms with E-state index < -0.39 is 6.29 Å². The van der Waals surface area contributed by atoms with E-state index in [-0.39, 0.29) is 0 Å². The van der Waals surface area contributed by atoms with E-state index in [0.29, 0.717) is 5.84 Å². The van der Waals surface area contributed by atoms with E-state index in [9.17, 15) is 0 Å². The van der Waals surface area contributed by atoms with Crippen LogP contribution in [0, 0.1) is 0 Å². The molecule has 12 rings (SSSR count). The summed E-state index contributed by atoms with van der Waals surface area (Å²) in [7, 11) is 0. The van der Waals surface area contributed by atoms with Crippen molar-refractivity contribution < 1.29 is 8.83 Å². The van der Waals surface area contributed by atoms with Crippen LogP contribution in [0.15, 0.2) is 195 Å². The molecule has 1 aliphatic rings. The molecule has 57 heavy (non-hydrogen) atoms. The van der Waals surface area contributed by atoms with Gasteiger partial charge >= 0.3 is 0 Å². The lowest BCUT2D eigenvalue weighted by molar-refractivity contribution is 0.598. The molecule has 6 heteroatoms. The molecule has 0 bridgehead atoms. The highest BCUT2D eigenvalue weighted by molar-refractivity contribution is 6.36. The molecule has 0 saturated carbocycles. The Morgan fingerprint density at radius 3 is 1.74 bits per heavy atom. The number of nitrogens with zero attached hydrogens (tertiary/aromatic N) is 3. The van der Waals surface area contributed by atoms with Crippen LogP contribution >= 0.6 is 0 Å². The van der Waals surface area contributed by atoms with E-state index in [1.807, 2.05) is 36.5 Å². The molecular formula is C51H32N4O2. The standard InChI is InChI=1S/C51H32N4O2/c1-2-12-31(13-3-1)41-28-32(34-17-10-19-39-37-15-5-8-22-46(37)56-49(34)39)24-26-43(41)53-48-30-52-51(54-48)55-44-21-7-4-14-36(44)42-29-33(25-27-45(42)55)35-18-11-20-40-38-16-6-9-23-47(38)57-50(35)40/h1-30,51H,(H,53,54). The van der Waals surface area contributed by atoms with Gasteiger partial charge < -0.3 is 14.2 Å². The summed E-state index contributed by atoms with van der Waals surface area (Å²) < 4.78 is 15.1. The molecule has 0 radical (unpaired) electrons. The molecule has 6 nitrogen and oxygen atoms in total. The number of para-hydroxylation sites is 5. The molecule has 4 heterocycles. The van der Waals surface area contributed by atoms with Crippen LogP contribution < -0.4 is 5.32 Å². The number of benzene rings is 8. The van der Waals surface area contributed by atoms with Crippen LogP contribution in [0.2, 0.25) is 0 Å². The molecule has 0 fully saturated rings. The smallest absolute Gasteiger partial charge is 0.222 e. The fourth-order valence-corrected chi connectivity index (χ4v) is 8.70. The number of aromatic nitrogens is 1. The van der Waals surface area contributed by atoms with E-state index in [4.69, 9.17) is 18.8 Å². The average Bonchev–Trinajstić information content (AvgIpc) is 4.06. The Morgan fingerprint density at radius 1 is 0.439 bits per heavy atom. The zero-order chi connectivity index (χ0) is 37.5. The van der Waals surface area contributed by atoms with Crippen LogP contribution in [0.25, 0.3) is 99.1 Å². The fourth-order valence-electron chi connectivity index (χ4n) is 8.70. The second-order valence-corrected chi connectivity index (χ2v) is 14.6. The zero-order valence-corrected chi connectivity index (χ0v) is 30.6. The molecule has 11 aromatic rings. The number of amidine groups is 1. The number of nitrogens with one attached hydrogen (secondary N) is 1. The lowest BCUT2D eigenvalue weighted by atomic mass is 9.96. The number of rotatable bonds is 5. The number of aliphatic imine (C=N–C) groups is 2. The third-order valence-corrected chi connectivity index (χ3v) is 11.3. The number of furan rings is 2. The largest absolute Gasteiger partial charge is 0.455 e. The molecule has 1 aliphatic heterocycles.